The fourth-order valence-corrected chi connectivity index (χ4v) is 6.43. The molecule has 0 saturated heterocycles. The molecule has 11 nitrogen and oxygen atoms in total. The first-order chi connectivity index (χ1) is 21.3. The first kappa shape index (κ1) is 30.1. The maximum absolute atomic E-state index is 13.3. The number of rotatable bonds is 11. The Morgan fingerprint density at radius 1 is 1.11 bits per heavy atom. The third-order valence-corrected chi connectivity index (χ3v) is 8.99. The van der Waals surface area contributed by atoms with E-state index in [1.165, 1.54) is 23.6 Å². The molecule has 4 N–H and O–H groups in total. The summed E-state index contributed by atoms with van der Waals surface area (Å²) in [6.45, 7) is 2.57. The van der Waals surface area contributed by atoms with Crippen LogP contribution in [0, 0.1) is 11.7 Å². The normalized spacial score (nSPS) is 22.0. The monoisotopic (exact) mass is 619 g/mol. The largest absolute Gasteiger partial charge is 0.390 e. The first-order valence-corrected chi connectivity index (χ1v) is 15.6. The Morgan fingerprint density at radius 3 is 2.68 bits per heavy atom. The van der Waals surface area contributed by atoms with Gasteiger partial charge in [-0.05, 0) is 62.8 Å². The number of aliphatic hydroxyl groups excluding tert-OH is 1. The van der Waals surface area contributed by atoms with Gasteiger partial charge in [0.25, 0.3) is 5.91 Å². The number of pyridine rings is 1. The van der Waals surface area contributed by atoms with Crippen molar-refractivity contribution >= 4 is 38.5 Å². The summed E-state index contributed by atoms with van der Waals surface area (Å²) in [4.78, 5) is 42.4. The molecule has 2 amide bonds. The minimum Gasteiger partial charge on any atom is -0.390 e. The fraction of sp³-hybridized carbons (Fsp3) is 0.419. The number of hydrogen-bond acceptors (Lipinski definition) is 10. The minimum atomic E-state index is -0.508. The second kappa shape index (κ2) is 13.4. The van der Waals surface area contributed by atoms with Crippen molar-refractivity contribution in [1.82, 2.24) is 30.6 Å². The molecule has 0 spiro atoms. The maximum atomic E-state index is 13.3. The van der Waals surface area contributed by atoms with Gasteiger partial charge in [-0.1, -0.05) is 17.4 Å². The van der Waals surface area contributed by atoms with E-state index >= 15 is 0 Å². The average molecular weight is 620 g/mol. The molecular formula is C31H34FN7O4S. The van der Waals surface area contributed by atoms with Gasteiger partial charge in [-0.25, -0.2) is 19.3 Å². The Morgan fingerprint density at radius 2 is 1.93 bits per heavy atom. The Bertz CT molecular complexity index is 1630. The van der Waals surface area contributed by atoms with Gasteiger partial charge in [-0.3, -0.25) is 14.6 Å². The van der Waals surface area contributed by atoms with E-state index in [2.05, 4.69) is 35.9 Å². The molecule has 0 unspecified atom stereocenters. The summed E-state index contributed by atoms with van der Waals surface area (Å²) in [5.74, 6) is -0.544. The number of carbonyl (C=O) groups excluding carboxylic acids is 2. The molecule has 2 aliphatic carbocycles. The van der Waals surface area contributed by atoms with E-state index in [1.807, 2.05) is 25.1 Å². The zero-order valence-corrected chi connectivity index (χ0v) is 25.0. The van der Waals surface area contributed by atoms with Gasteiger partial charge < -0.3 is 25.8 Å². The van der Waals surface area contributed by atoms with Crippen LogP contribution in [0.25, 0.3) is 21.3 Å². The molecule has 13 heteroatoms. The van der Waals surface area contributed by atoms with E-state index in [-0.39, 0.29) is 42.3 Å². The number of halogens is 1. The van der Waals surface area contributed by atoms with Crippen molar-refractivity contribution in [1.29, 1.82) is 0 Å². The standard InChI is InChI=1S/C31H34FN7O4S/c1-17(13-36-30(42)24-12-21(32)7-8-33-24)37-22-9-19(10-22)29(41)39-31-38-23-6-5-18(11-27(23)44-31)20-14-34-28(35-15-20)16-43-26-4-2-3-25(26)40/h5-8,11-12,14-15,17,19,22,25-26,37,40H,2-4,9-10,13,16H2,1H3,(H,36,42)(H,38,39,41)/t17-,19-,22+,25-,26-/m0/s1. The molecule has 4 aromatic rings. The van der Waals surface area contributed by atoms with E-state index in [1.54, 1.807) is 12.4 Å². The highest BCUT2D eigenvalue weighted by Crippen LogP contribution is 2.33. The van der Waals surface area contributed by atoms with Crippen LogP contribution in [0.1, 0.15) is 55.3 Å². The molecule has 230 valence electrons. The molecule has 2 aliphatic rings. The second-order valence-corrected chi connectivity index (χ2v) is 12.5. The second-order valence-electron chi connectivity index (χ2n) is 11.4. The lowest BCUT2D eigenvalue weighted by atomic mass is 9.79. The molecule has 3 aromatic heterocycles. The summed E-state index contributed by atoms with van der Waals surface area (Å²) in [5.41, 5.74) is 2.65. The summed E-state index contributed by atoms with van der Waals surface area (Å²) >= 11 is 1.42. The van der Waals surface area contributed by atoms with Gasteiger partial charge in [-0.2, -0.15) is 0 Å². The number of benzene rings is 1. The number of hydrogen-bond donors (Lipinski definition) is 4. The van der Waals surface area contributed by atoms with Crippen LogP contribution in [0.3, 0.4) is 0 Å². The van der Waals surface area contributed by atoms with Crippen molar-refractivity contribution in [3.8, 4) is 11.1 Å². The predicted molar refractivity (Wildman–Crippen MR) is 163 cm³/mol. The lowest BCUT2D eigenvalue weighted by molar-refractivity contribution is -0.123. The highest BCUT2D eigenvalue weighted by atomic mass is 32.1. The maximum Gasteiger partial charge on any atom is 0.270 e. The zero-order chi connectivity index (χ0) is 30.6. The van der Waals surface area contributed by atoms with E-state index in [0.717, 1.165) is 46.7 Å². The van der Waals surface area contributed by atoms with Crippen LogP contribution < -0.4 is 16.0 Å². The van der Waals surface area contributed by atoms with Crippen LogP contribution in [-0.2, 0) is 16.1 Å². The van der Waals surface area contributed by atoms with Crippen LogP contribution in [0.5, 0.6) is 0 Å². The Hall–Kier alpha value is -3.91. The lowest BCUT2D eigenvalue weighted by Gasteiger charge is -2.36. The van der Waals surface area contributed by atoms with Crippen LogP contribution in [0.15, 0.2) is 48.9 Å². The molecule has 2 fully saturated rings. The first-order valence-electron chi connectivity index (χ1n) is 14.8. The van der Waals surface area contributed by atoms with E-state index in [9.17, 15) is 19.1 Å². The number of fused-ring (bicyclic) bond motifs is 1. The molecule has 3 heterocycles. The van der Waals surface area contributed by atoms with E-state index < -0.39 is 17.8 Å². The van der Waals surface area contributed by atoms with Gasteiger partial charge in [0.2, 0.25) is 5.91 Å². The molecule has 3 atom stereocenters. The summed E-state index contributed by atoms with van der Waals surface area (Å²) in [6.07, 6.45) is 8.21. The van der Waals surface area contributed by atoms with Gasteiger partial charge in [0.15, 0.2) is 11.0 Å². The molecule has 2 saturated carbocycles. The van der Waals surface area contributed by atoms with E-state index in [0.29, 0.717) is 30.3 Å². The molecule has 1 aromatic carbocycles. The number of nitrogens with zero attached hydrogens (tertiary/aromatic N) is 4. The number of carbonyl (C=O) groups is 2. The summed E-state index contributed by atoms with van der Waals surface area (Å²) in [7, 11) is 0. The highest BCUT2D eigenvalue weighted by molar-refractivity contribution is 7.22. The molecular weight excluding hydrogens is 585 g/mol. The Kier molecular flexibility index (Phi) is 9.17. The topological polar surface area (TPSA) is 151 Å². The van der Waals surface area contributed by atoms with Crippen LogP contribution >= 0.6 is 11.3 Å². The molecule has 0 radical (unpaired) electrons. The van der Waals surface area contributed by atoms with Crippen molar-refractivity contribution in [3.63, 3.8) is 0 Å². The molecule has 0 aliphatic heterocycles. The molecule has 44 heavy (non-hydrogen) atoms. The minimum absolute atomic E-state index is 0.0270. The number of nitrogens with one attached hydrogen (secondary N) is 3. The van der Waals surface area contributed by atoms with Crippen LogP contribution in [-0.4, -0.2) is 67.7 Å². The summed E-state index contributed by atoms with van der Waals surface area (Å²) in [5, 5.41) is 19.6. The quantitative estimate of drug-likeness (QED) is 0.196. The van der Waals surface area contributed by atoms with Crippen molar-refractivity contribution in [2.24, 2.45) is 5.92 Å². The van der Waals surface area contributed by atoms with Crippen LogP contribution in [0.4, 0.5) is 9.52 Å². The van der Waals surface area contributed by atoms with Crippen molar-refractivity contribution < 1.29 is 23.8 Å². The SMILES string of the molecule is C[C@@H](CNC(=O)c1cc(F)ccn1)N[C@H]1C[C@@H](C(=O)Nc2nc3ccc(-c4cnc(CO[C@H]5CCC[C@@H]5O)nc4)cc3s2)C1. The lowest BCUT2D eigenvalue weighted by Crippen LogP contribution is -2.51. The molecule has 0 bridgehead atoms. The van der Waals surface area contributed by atoms with Gasteiger partial charge in [0.05, 0.1) is 22.4 Å². The molecule has 6 rings (SSSR count). The number of aromatic nitrogens is 4. The van der Waals surface area contributed by atoms with Gasteiger partial charge in [-0.15, -0.1) is 0 Å². The number of amides is 2. The Balaban J connectivity index is 0.957. The third kappa shape index (κ3) is 7.24. The number of thiazole rings is 1. The van der Waals surface area contributed by atoms with Gasteiger partial charge >= 0.3 is 0 Å². The van der Waals surface area contributed by atoms with Crippen molar-refractivity contribution in [2.75, 3.05) is 11.9 Å². The van der Waals surface area contributed by atoms with E-state index in [4.69, 9.17) is 4.74 Å². The predicted octanol–water partition coefficient (Wildman–Crippen LogP) is 3.84. The summed E-state index contributed by atoms with van der Waals surface area (Å²) in [6, 6.07) is 8.32. The number of anilines is 1. The summed E-state index contributed by atoms with van der Waals surface area (Å²) < 4.78 is 20.0. The third-order valence-electron chi connectivity index (χ3n) is 8.05. The van der Waals surface area contributed by atoms with Crippen molar-refractivity contribution in [3.05, 3.63) is 66.3 Å². The average Bonchev–Trinajstić information content (AvgIpc) is 3.60. The highest BCUT2D eigenvalue weighted by Gasteiger charge is 2.35. The number of ether oxygens (including phenoxy) is 1. The fourth-order valence-electron chi connectivity index (χ4n) is 5.52. The Labute approximate surface area is 257 Å². The van der Waals surface area contributed by atoms with Gasteiger partial charge in [0.1, 0.15) is 18.1 Å². The zero-order valence-electron chi connectivity index (χ0n) is 24.2. The smallest absolute Gasteiger partial charge is 0.270 e. The van der Waals surface area contributed by atoms with Crippen molar-refractivity contribution in [2.45, 2.75) is 69.9 Å². The number of aliphatic hydroxyl groups is 1. The van der Waals surface area contributed by atoms with Gasteiger partial charge in [0, 0.05) is 54.8 Å². The van der Waals surface area contributed by atoms with Crippen LogP contribution in [0.2, 0.25) is 0 Å².